The molecule has 0 radical (unpaired) electrons. The van der Waals surface area contributed by atoms with Crippen LogP contribution >= 0.6 is 0 Å². The van der Waals surface area contributed by atoms with E-state index in [-0.39, 0.29) is 12.4 Å². The third-order valence-corrected chi connectivity index (χ3v) is 2.42. The first-order valence-corrected chi connectivity index (χ1v) is 5.52. The van der Waals surface area contributed by atoms with Gasteiger partial charge in [0.15, 0.2) is 23.3 Å². The fraction of sp³-hybridized carbons (Fsp3) is 0.273. The number of nitrogens with zero attached hydrogens (tertiary/aromatic N) is 2. The number of hydrogen-bond acceptors (Lipinski definition) is 4. The van der Waals surface area contributed by atoms with E-state index < -0.39 is 40.5 Å². The average Bonchev–Trinajstić information content (AvgIpc) is 2.89. The topological polar surface area (TPSA) is 51.0 Å². The molecule has 0 fully saturated rings. The molecule has 9 heteroatoms. The molecule has 2 aromatic rings. The lowest BCUT2D eigenvalue weighted by molar-refractivity contribution is 0.377. The van der Waals surface area contributed by atoms with Crippen LogP contribution in [-0.2, 0) is 6.54 Å². The minimum atomic E-state index is -2.24. The summed E-state index contributed by atoms with van der Waals surface area (Å²) < 4.78 is 70.8. The van der Waals surface area contributed by atoms with Gasteiger partial charge in [0.2, 0.25) is 11.7 Å². The van der Waals surface area contributed by atoms with Gasteiger partial charge >= 0.3 is 0 Å². The van der Waals surface area contributed by atoms with Gasteiger partial charge in [0.25, 0.3) is 5.89 Å². The van der Waals surface area contributed by atoms with Gasteiger partial charge in [-0.05, 0) is 6.54 Å². The summed E-state index contributed by atoms with van der Waals surface area (Å²) in [6.07, 6.45) is 0. The highest BCUT2D eigenvalue weighted by molar-refractivity contribution is 5.55. The van der Waals surface area contributed by atoms with Gasteiger partial charge in [-0.2, -0.15) is 0 Å². The van der Waals surface area contributed by atoms with E-state index in [4.69, 9.17) is 4.42 Å². The summed E-state index contributed by atoms with van der Waals surface area (Å²) in [6, 6.07) is 0. The number of nitrogens with one attached hydrogen (secondary N) is 1. The Labute approximate surface area is 109 Å². The van der Waals surface area contributed by atoms with Crippen molar-refractivity contribution in [3.8, 4) is 11.5 Å². The van der Waals surface area contributed by atoms with E-state index in [1.54, 1.807) is 6.92 Å². The molecule has 1 N–H and O–H groups in total. The molecule has 0 spiro atoms. The molecule has 0 amide bonds. The summed E-state index contributed by atoms with van der Waals surface area (Å²) in [4.78, 5) is 0. The third-order valence-electron chi connectivity index (χ3n) is 2.42. The maximum Gasteiger partial charge on any atom is 0.253 e. The second-order valence-corrected chi connectivity index (χ2v) is 3.73. The summed E-state index contributed by atoms with van der Waals surface area (Å²) >= 11 is 0. The molecular weight excluding hydrogens is 285 g/mol. The lowest BCUT2D eigenvalue weighted by Crippen LogP contribution is -2.11. The molecule has 0 saturated heterocycles. The van der Waals surface area contributed by atoms with Crippen molar-refractivity contribution in [3.63, 3.8) is 0 Å². The second kappa shape index (κ2) is 5.53. The van der Waals surface area contributed by atoms with Gasteiger partial charge in [0.1, 0.15) is 5.56 Å². The minimum absolute atomic E-state index is 0.0363. The number of rotatable bonds is 4. The highest BCUT2D eigenvalue weighted by atomic mass is 19.2. The van der Waals surface area contributed by atoms with Gasteiger partial charge in [-0.15, -0.1) is 10.2 Å². The maximum absolute atomic E-state index is 13.5. The van der Waals surface area contributed by atoms with Crippen LogP contribution in [0.3, 0.4) is 0 Å². The van der Waals surface area contributed by atoms with Crippen LogP contribution in [0.15, 0.2) is 4.42 Å². The zero-order valence-corrected chi connectivity index (χ0v) is 10.1. The van der Waals surface area contributed by atoms with Crippen LogP contribution in [0.1, 0.15) is 12.8 Å². The molecule has 1 aromatic heterocycles. The summed E-state index contributed by atoms with van der Waals surface area (Å²) in [5.41, 5.74) is -1.24. The smallest absolute Gasteiger partial charge is 0.253 e. The SMILES string of the molecule is CCNCc1nnc(-c2c(F)c(F)c(F)c(F)c2F)o1. The van der Waals surface area contributed by atoms with Crippen LogP contribution in [0.25, 0.3) is 11.5 Å². The van der Waals surface area contributed by atoms with Crippen LogP contribution in [0.4, 0.5) is 22.0 Å². The Bertz CT molecular complexity index is 614. The number of benzene rings is 1. The van der Waals surface area contributed by atoms with Crippen LogP contribution < -0.4 is 5.32 Å². The number of hydrogen-bond donors (Lipinski definition) is 1. The van der Waals surface area contributed by atoms with Gasteiger partial charge in [-0.1, -0.05) is 6.92 Å². The number of aromatic nitrogens is 2. The zero-order valence-electron chi connectivity index (χ0n) is 10.1. The van der Waals surface area contributed by atoms with Crippen molar-refractivity contribution >= 4 is 0 Å². The lowest BCUT2D eigenvalue weighted by Gasteiger charge is -2.04. The first kappa shape index (κ1) is 14.4. The predicted molar refractivity (Wildman–Crippen MR) is 56.9 cm³/mol. The molecule has 108 valence electrons. The molecule has 0 bridgehead atoms. The van der Waals surface area contributed by atoms with E-state index in [9.17, 15) is 22.0 Å². The monoisotopic (exact) mass is 293 g/mol. The lowest BCUT2D eigenvalue weighted by atomic mass is 10.1. The first-order valence-electron chi connectivity index (χ1n) is 5.52. The normalized spacial score (nSPS) is 11.1. The molecule has 1 aromatic carbocycles. The average molecular weight is 293 g/mol. The van der Waals surface area contributed by atoms with Gasteiger partial charge in [-0.25, -0.2) is 22.0 Å². The van der Waals surface area contributed by atoms with E-state index in [1.807, 2.05) is 0 Å². The molecule has 0 aliphatic heterocycles. The standard InChI is InChI=1S/C11H8F5N3O/c1-2-17-3-4-18-19-11(20-4)5-6(12)8(14)10(16)9(15)7(5)13/h17H,2-3H2,1H3. The van der Waals surface area contributed by atoms with Gasteiger partial charge in [0, 0.05) is 0 Å². The molecule has 0 aliphatic rings. The van der Waals surface area contributed by atoms with E-state index in [0.717, 1.165) is 0 Å². The van der Waals surface area contributed by atoms with Crippen LogP contribution in [0, 0.1) is 29.1 Å². The summed E-state index contributed by atoms with van der Waals surface area (Å²) in [5.74, 6) is -11.2. The Morgan fingerprint density at radius 3 is 2.00 bits per heavy atom. The molecule has 20 heavy (non-hydrogen) atoms. The first-order chi connectivity index (χ1) is 9.47. The zero-order chi connectivity index (χ0) is 14.9. The maximum atomic E-state index is 13.5. The Morgan fingerprint density at radius 2 is 1.45 bits per heavy atom. The molecule has 0 atom stereocenters. The van der Waals surface area contributed by atoms with Gasteiger partial charge in [0.05, 0.1) is 6.54 Å². The molecule has 2 rings (SSSR count). The molecule has 0 unspecified atom stereocenters. The highest BCUT2D eigenvalue weighted by Gasteiger charge is 2.29. The van der Waals surface area contributed by atoms with Crippen molar-refractivity contribution in [2.45, 2.75) is 13.5 Å². The van der Waals surface area contributed by atoms with Gasteiger partial charge in [-0.3, -0.25) is 0 Å². The summed E-state index contributed by atoms with van der Waals surface area (Å²) in [5, 5.41) is 9.52. The Balaban J connectivity index is 2.50. The molecular formula is C11H8F5N3O. The fourth-order valence-corrected chi connectivity index (χ4v) is 1.45. The van der Waals surface area contributed by atoms with Crippen molar-refractivity contribution in [2.75, 3.05) is 6.54 Å². The van der Waals surface area contributed by atoms with Gasteiger partial charge < -0.3 is 9.73 Å². The molecule has 1 heterocycles. The van der Waals surface area contributed by atoms with Crippen molar-refractivity contribution < 1.29 is 26.4 Å². The van der Waals surface area contributed by atoms with E-state index >= 15 is 0 Å². The summed E-state index contributed by atoms with van der Waals surface area (Å²) in [7, 11) is 0. The minimum Gasteiger partial charge on any atom is -0.419 e. The van der Waals surface area contributed by atoms with Crippen molar-refractivity contribution in [1.29, 1.82) is 0 Å². The Kier molecular flexibility index (Phi) is 3.98. The van der Waals surface area contributed by atoms with Crippen LogP contribution in [0.2, 0.25) is 0 Å². The van der Waals surface area contributed by atoms with Crippen LogP contribution in [-0.4, -0.2) is 16.7 Å². The fourth-order valence-electron chi connectivity index (χ4n) is 1.45. The van der Waals surface area contributed by atoms with Crippen LogP contribution in [0.5, 0.6) is 0 Å². The number of halogens is 5. The highest BCUT2D eigenvalue weighted by Crippen LogP contribution is 2.30. The van der Waals surface area contributed by atoms with E-state index in [1.165, 1.54) is 0 Å². The third kappa shape index (κ3) is 2.36. The van der Waals surface area contributed by atoms with E-state index in [2.05, 4.69) is 15.5 Å². The second-order valence-electron chi connectivity index (χ2n) is 3.73. The van der Waals surface area contributed by atoms with Crippen molar-refractivity contribution in [2.24, 2.45) is 0 Å². The molecule has 4 nitrogen and oxygen atoms in total. The Hall–Kier alpha value is -2.03. The quantitative estimate of drug-likeness (QED) is 0.535. The summed E-state index contributed by atoms with van der Waals surface area (Å²) in [6.45, 7) is 2.47. The van der Waals surface area contributed by atoms with E-state index in [0.29, 0.717) is 6.54 Å². The van der Waals surface area contributed by atoms with Crippen molar-refractivity contribution in [1.82, 2.24) is 15.5 Å². The predicted octanol–water partition coefficient (Wildman–Crippen LogP) is 2.54. The molecule has 0 aliphatic carbocycles. The molecule has 0 saturated carbocycles. The van der Waals surface area contributed by atoms with Crippen molar-refractivity contribution in [3.05, 3.63) is 35.0 Å². The Morgan fingerprint density at radius 1 is 0.900 bits per heavy atom. The largest absolute Gasteiger partial charge is 0.419 e.